The van der Waals surface area contributed by atoms with Gasteiger partial charge in [0.1, 0.15) is 11.4 Å². The fourth-order valence-corrected chi connectivity index (χ4v) is 2.75. The van der Waals surface area contributed by atoms with Crippen LogP contribution in [-0.2, 0) is 0 Å². The Morgan fingerprint density at radius 3 is 2.60 bits per heavy atom. The Morgan fingerprint density at radius 2 is 2.00 bits per heavy atom. The van der Waals surface area contributed by atoms with Gasteiger partial charge in [-0.05, 0) is 17.9 Å². The highest BCUT2D eigenvalue weighted by Gasteiger charge is 2.53. The van der Waals surface area contributed by atoms with E-state index in [1.54, 1.807) is 0 Å². The molecule has 2 aliphatic rings. The van der Waals surface area contributed by atoms with Crippen LogP contribution in [-0.4, -0.2) is 30.0 Å². The van der Waals surface area contributed by atoms with E-state index in [4.69, 9.17) is 0 Å². The first kappa shape index (κ1) is 12.9. The number of nitro groups is 1. The quantitative estimate of drug-likeness (QED) is 0.635. The first-order valence-electron chi connectivity index (χ1n) is 6.14. The van der Waals surface area contributed by atoms with Crippen LogP contribution in [0.3, 0.4) is 0 Å². The van der Waals surface area contributed by atoms with E-state index in [9.17, 15) is 23.7 Å². The summed E-state index contributed by atoms with van der Waals surface area (Å²) in [6.45, 7) is 1.52. The van der Waals surface area contributed by atoms with Crippen molar-refractivity contribution in [3.05, 3.63) is 39.4 Å². The topological polar surface area (TPSA) is 84.3 Å². The minimum Gasteiger partial charge on any atom is -0.348 e. The van der Waals surface area contributed by atoms with E-state index in [-0.39, 0.29) is 17.9 Å². The van der Waals surface area contributed by atoms with Crippen molar-refractivity contribution in [1.29, 1.82) is 0 Å². The van der Waals surface area contributed by atoms with E-state index >= 15 is 0 Å². The zero-order chi connectivity index (χ0) is 14.4. The zero-order valence-corrected chi connectivity index (χ0v) is 10.2. The van der Waals surface area contributed by atoms with Gasteiger partial charge < -0.3 is 10.6 Å². The summed E-state index contributed by atoms with van der Waals surface area (Å²) in [7, 11) is 0. The number of carbonyl (C=O) groups excluding carboxylic acids is 1. The largest absolute Gasteiger partial charge is 0.348 e. The van der Waals surface area contributed by atoms with Crippen LogP contribution in [0.4, 0.5) is 14.5 Å². The average molecular weight is 283 g/mol. The molecule has 2 unspecified atom stereocenters. The molecule has 2 N–H and O–H groups in total. The third kappa shape index (κ3) is 1.92. The third-order valence-corrected chi connectivity index (χ3v) is 3.88. The van der Waals surface area contributed by atoms with Crippen molar-refractivity contribution in [2.75, 3.05) is 13.1 Å². The molecule has 1 aliphatic carbocycles. The van der Waals surface area contributed by atoms with Gasteiger partial charge in [0.2, 0.25) is 5.82 Å². The normalized spacial score (nSPS) is 27.0. The number of nitro benzene ring substituents is 1. The van der Waals surface area contributed by atoms with Gasteiger partial charge in [0.15, 0.2) is 0 Å². The number of benzene rings is 1. The lowest BCUT2D eigenvalue weighted by Crippen LogP contribution is -2.33. The van der Waals surface area contributed by atoms with Crippen LogP contribution in [0.1, 0.15) is 10.4 Å². The van der Waals surface area contributed by atoms with Crippen LogP contribution in [0.5, 0.6) is 0 Å². The summed E-state index contributed by atoms with van der Waals surface area (Å²) in [5.74, 6) is -2.92. The summed E-state index contributed by atoms with van der Waals surface area (Å²) in [5.41, 5.74) is -1.80. The molecule has 2 fully saturated rings. The molecule has 1 amide bonds. The van der Waals surface area contributed by atoms with Crippen LogP contribution in [0.25, 0.3) is 0 Å². The molecule has 106 valence electrons. The van der Waals surface area contributed by atoms with Gasteiger partial charge in [-0.2, -0.15) is 4.39 Å². The lowest BCUT2D eigenvalue weighted by Gasteiger charge is -2.09. The standard InChI is InChI=1S/C12H11F2N3O3/c13-7-1-2-8(17(19)20)10(14)9(7)12(18)16-11-5-3-15-4-6(5)11/h1-2,5-6,11,15H,3-4H2,(H,16,18). The summed E-state index contributed by atoms with van der Waals surface area (Å²) in [5, 5.41) is 16.3. The highest BCUT2D eigenvalue weighted by Crippen LogP contribution is 2.41. The summed E-state index contributed by atoms with van der Waals surface area (Å²) >= 11 is 0. The van der Waals surface area contributed by atoms with Crippen molar-refractivity contribution in [1.82, 2.24) is 10.6 Å². The molecule has 0 aromatic heterocycles. The number of amides is 1. The second-order valence-corrected chi connectivity index (χ2v) is 5.00. The van der Waals surface area contributed by atoms with E-state index in [0.717, 1.165) is 19.2 Å². The minimum atomic E-state index is -1.43. The Kier molecular flexibility index (Phi) is 2.89. The smallest absolute Gasteiger partial charge is 0.305 e. The van der Waals surface area contributed by atoms with Crippen molar-refractivity contribution < 1.29 is 18.5 Å². The average Bonchev–Trinajstić information content (AvgIpc) is 2.83. The summed E-state index contributed by atoms with van der Waals surface area (Å²) in [6, 6.07) is 1.32. The van der Waals surface area contributed by atoms with E-state index in [0.29, 0.717) is 6.07 Å². The summed E-state index contributed by atoms with van der Waals surface area (Å²) < 4.78 is 27.4. The fourth-order valence-electron chi connectivity index (χ4n) is 2.75. The van der Waals surface area contributed by atoms with Gasteiger partial charge >= 0.3 is 5.69 Å². The van der Waals surface area contributed by atoms with Crippen LogP contribution < -0.4 is 10.6 Å². The third-order valence-electron chi connectivity index (χ3n) is 3.88. The fraction of sp³-hybridized carbons (Fsp3) is 0.417. The summed E-state index contributed by atoms with van der Waals surface area (Å²) in [6.07, 6.45) is 0. The number of piperidine rings is 1. The van der Waals surface area contributed by atoms with E-state index < -0.39 is 33.7 Å². The lowest BCUT2D eigenvalue weighted by atomic mass is 10.1. The van der Waals surface area contributed by atoms with Gasteiger partial charge in [-0.25, -0.2) is 4.39 Å². The Morgan fingerprint density at radius 1 is 1.35 bits per heavy atom. The van der Waals surface area contributed by atoms with Crippen molar-refractivity contribution in [3.63, 3.8) is 0 Å². The Labute approximate surface area is 112 Å². The monoisotopic (exact) mass is 283 g/mol. The van der Waals surface area contributed by atoms with Gasteiger partial charge in [-0.15, -0.1) is 0 Å². The number of rotatable bonds is 3. The molecule has 1 heterocycles. The molecule has 8 heteroatoms. The molecule has 6 nitrogen and oxygen atoms in total. The van der Waals surface area contributed by atoms with E-state index in [2.05, 4.69) is 10.6 Å². The van der Waals surface area contributed by atoms with Crippen LogP contribution >= 0.6 is 0 Å². The minimum absolute atomic E-state index is 0.109. The molecule has 1 aromatic rings. The number of hydrogen-bond donors (Lipinski definition) is 2. The molecule has 1 saturated carbocycles. The highest BCUT2D eigenvalue weighted by molar-refractivity contribution is 5.96. The number of fused-ring (bicyclic) bond motifs is 1. The number of carbonyl (C=O) groups is 1. The maximum atomic E-state index is 13.8. The zero-order valence-electron chi connectivity index (χ0n) is 10.2. The van der Waals surface area contributed by atoms with Crippen LogP contribution in [0, 0.1) is 33.6 Å². The Balaban J connectivity index is 1.84. The molecule has 1 saturated heterocycles. The molecule has 0 bridgehead atoms. The van der Waals surface area contributed by atoms with Crippen molar-refractivity contribution in [2.24, 2.45) is 11.8 Å². The molecule has 1 aromatic carbocycles. The van der Waals surface area contributed by atoms with Crippen molar-refractivity contribution >= 4 is 11.6 Å². The van der Waals surface area contributed by atoms with Gasteiger partial charge in [0.05, 0.1) is 4.92 Å². The van der Waals surface area contributed by atoms with E-state index in [1.165, 1.54) is 0 Å². The molecule has 3 rings (SSSR count). The van der Waals surface area contributed by atoms with Crippen LogP contribution in [0.2, 0.25) is 0 Å². The molecule has 1 aliphatic heterocycles. The Hall–Kier alpha value is -2.09. The second-order valence-electron chi connectivity index (χ2n) is 5.00. The first-order valence-corrected chi connectivity index (χ1v) is 6.14. The summed E-state index contributed by atoms with van der Waals surface area (Å²) in [4.78, 5) is 21.5. The predicted octanol–water partition coefficient (Wildman–Crippen LogP) is 0.821. The second kappa shape index (κ2) is 4.48. The predicted molar refractivity (Wildman–Crippen MR) is 64.1 cm³/mol. The molecule has 20 heavy (non-hydrogen) atoms. The van der Waals surface area contributed by atoms with Gasteiger partial charge in [-0.3, -0.25) is 14.9 Å². The van der Waals surface area contributed by atoms with Gasteiger partial charge in [0, 0.05) is 25.2 Å². The number of hydrogen-bond acceptors (Lipinski definition) is 4. The number of nitrogens with one attached hydrogen (secondary N) is 2. The molecular weight excluding hydrogens is 272 g/mol. The number of halogens is 2. The van der Waals surface area contributed by atoms with Crippen LogP contribution in [0.15, 0.2) is 12.1 Å². The lowest BCUT2D eigenvalue weighted by molar-refractivity contribution is -0.387. The van der Waals surface area contributed by atoms with E-state index in [1.807, 2.05) is 0 Å². The Bertz CT molecular complexity index is 598. The maximum absolute atomic E-state index is 13.8. The van der Waals surface area contributed by atoms with Gasteiger partial charge in [0.25, 0.3) is 5.91 Å². The molecule has 2 atom stereocenters. The molecule has 0 radical (unpaired) electrons. The highest BCUT2D eigenvalue weighted by atomic mass is 19.1. The van der Waals surface area contributed by atoms with Gasteiger partial charge in [-0.1, -0.05) is 0 Å². The van der Waals surface area contributed by atoms with Crippen molar-refractivity contribution in [2.45, 2.75) is 6.04 Å². The molecular formula is C12H11F2N3O3. The maximum Gasteiger partial charge on any atom is 0.305 e. The van der Waals surface area contributed by atoms with Crippen molar-refractivity contribution in [3.8, 4) is 0 Å². The SMILES string of the molecule is O=C(NC1C2CNCC21)c1c(F)ccc([N+](=O)[O-])c1F. The number of nitrogens with zero attached hydrogens (tertiary/aromatic N) is 1. The molecule has 0 spiro atoms. The first-order chi connectivity index (χ1) is 9.50.